The molecule has 1 amide bonds. The number of rotatable bonds is 6. The topological polar surface area (TPSA) is 64.3 Å². The molecule has 1 saturated carbocycles. The van der Waals surface area contributed by atoms with E-state index in [-0.39, 0.29) is 0 Å². The quantitative estimate of drug-likeness (QED) is 0.791. The van der Waals surface area contributed by atoms with Gasteiger partial charge in [-0.05, 0) is 61.1 Å². The van der Waals surface area contributed by atoms with Crippen molar-refractivity contribution in [2.24, 2.45) is 11.7 Å². The summed E-state index contributed by atoms with van der Waals surface area (Å²) < 4.78 is 6.09. The van der Waals surface area contributed by atoms with Crippen LogP contribution in [0.4, 0.5) is 0 Å². The van der Waals surface area contributed by atoms with Crippen molar-refractivity contribution < 1.29 is 9.53 Å². The fourth-order valence-electron chi connectivity index (χ4n) is 3.65. The van der Waals surface area contributed by atoms with Crippen LogP contribution in [0.25, 0.3) is 0 Å². The van der Waals surface area contributed by atoms with Crippen molar-refractivity contribution in [1.29, 1.82) is 0 Å². The monoisotopic (exact) mass is 316 g/mol. The third-order valence-corrected chi connectivity index (χ3v) is 4.82. The van der Waals surface area contributed by atoms with E-state index in [2.05, 4.69) is 25.4 Å². The fourth-order valence-corrected chi connectivity index (χ4v) is 3.65. The molecule has 1 aliphatic rings. The molecule has 23 heavy (non-hydrogen) atoms. The number of carbonyl (C=O) groups is 1. The minimum atomic E-state index is -0.496. The molecule has 2 rings (SSSR count). The normalized spacial score (nSPS) is 26.2. The Morgan fingerprint density at radius 3 is 2.96 bits per heavy atom. The molecule has 126 valence electrons. The first kappa shape index (κ1) is 17.5. The van der Waals surface area contributed by atoms with Crippen LogP contribution in [0.2, 0.25) is 0 Å². The highest BCUT2D eigenvalue weighted by atomic mass is 16.5. The highest BCUT2D eigenvalue weighted by Gasteiger charge is 2.44. The van der Waals surface area contributed by atoms with Crippen LogP contribution in [0, 0.1) is 5.92 Å². The highest BCUT2D eigenvalue weighted by Crippen LogP contribution is 2.47. The first-order valence-corrected chi connectivity index (χ1v) is 8.44. The maximum absolute atomic E-state index is 11.6. The first-order chi connectivity index (χ1) is 11.1. The number of amides is 1. The number of ether oxygens (including phenoxy) is 1. The molecule has 1 fully saturated rings. The van der Waals surface area contributed by atoms with Crippen LogP contribution in [0.15, 0.2) is 36.0 Å². The van der Waals surface area contributed by atoms with Gasteiger partial charge in [0.1, 0.15) is 5.60 Å². The zero-order valence-corrected chi connectivity index (χ0v) is 14.4. The number of benzene rings is 1. The lowest BCUT2D eigenvalue weighted by Gasteiger charge is -2.44. The Morgan fingerprint density at radius 2 is 2.30 bits per heavy atom. The van der Waals surface area contributed by atoms with E-state index in [1.165, 1.54) is 5.57 Å². The van der Waals surface area contributed by atoms with Gasteiger partial charge in [-0.3, -0.25) is 4.79 Å². The van der Waals surface area contributed by atoms with Crippen LogP contribution >= 0.6 is 0 Å². The number of nitrogens with one attached hydrogen (secondary N) is 1. The molecule has 2 unspecified atom stereocenters. The Bertz CT molecular complexity index is 582. The molecule has 0 spiro atoms. The van der Waals surface area contributed by atoms with Crippen molar-refractivity contribution in [3.8, 4) is 0 Å². The summed E-state index contributed by atoms with van der Waals surface area (Å²) in [5.74, 6) is -0.0738. The second-order valence-electron chi connectivity index (χ2n) is 6.30. The van der Waals surface area contributed by atoms with Crippen molar-refractivity contribution in [3.63, 3.8) is 0 Å². The molecule has 4 heteroatoms. The molecule has 1 aromatic carbocycles. The molecule has 0 aromatic heterocycles. The van der Waals surface area contributed by atoms with Gasteiger partial charge < -0.3 is 15.8 Å². The zero-order chi connectivity index (χ0) is 16.9. The fraction of sp³-hybridized carbons (Fsp3) is 0.526. The summed E-state index contributed by atoms with van der Waals surface area (Å²) in [6, 6.07) is 7.54. The third kappa shape index (κ3) is 3.42. The molecule has 3 N–H and O–H groups in total. The lowest BCUT2D eigenvalue weighted by molar-refractivity contribution is -0.0434. The van der Waals surface area contributed by atoms with Gasteiger partial charge in [0.25, 0.3) is 0 Å². The molecule has 0 saturated heterocycles. The summed E-state index contributed by atoms with van der Waals surface area (Å²) in [5, 5.41) is 3.39. The first-order valence-electron chi connectivity index (χ1n) is 8.44. The molecular formula is C19H28N2O2. The number of hydrogen-bond acceptors (Lipinski definition) is 3. The van der Waals surface area contributed by atoms with Gasteiger partial charge in [0.05, 0.1) is 0 Å². The Kier molecular flexibility index (Phi) is 5.83. The van der Waals surface area contributed by atoms with Gasteiger partial charge in [-0.25, -0.2) is 0 Å². The molecule has 4 nitrogen and oxygen atoms in total. The van der Waals surface area contributed by atoms with Gasteiger partial charge in [-0.1, -0.05) is 26.0 Å². The molecule has 1 aliphatic carbocycles. The van der Waals surface area contributed by atoms with E-state index in [1.807, 2.05) is 18.2 Å². The van der Waals surface area contributed by atoms with Crippen molar-refractivity contribution in [3.05, 3.63) is 47.2 Å². The largest absolute Gasteiger partial charge is 0.391 e. The maximum atomic E-state index is 11.6. The molecule has 0 bridgehead atoms. The molecule has 0 radical (unpaired) electrons. The van der Waals surface area contributed by atoms with Crippen LogP contribution < -0.4 is 11.1 Å². The van der Waals surface area contributed by atoms with Gasteiger partial charge in [0.2, 0.25) is 5.91 Å². The third-order valence-electron chi connectivity index (χ3n) is 4.82. The Labute approximate surface area is 139 Å². The van der Waals surface area contributed by atoms with Gasteiger partial charge in [-0.15, -0.1) is 0 Å². The predicted octanol–water partition coefficient (Wildman–Crippen LogP) is 3.33. The lowest BCUT2D eigenvalue weighted by Crippen LogP contribution is -2.41. The van der Waals surface area contributed by atoms with Crippen LogP contribution in [0.1, 0.15) is 55.5 Å². The summed E-state index contributed by atoms with van der Waals surface area (Å²) in [7, 11) is 1.76. The number of methoxy groups -OCH3 is 1. The Morgan fingerprint density at radius 1 is 1.52 bits per heavy atom. The van der Waals surface area contributed by atoms with E-state index in [4.69, 9.17) is 10.5 Å². The minimum Gasteiger partial charge on any atom is -0.391 e. The zero-order valence-electron chi connectivity index (χ0n) is 14.4. The number of nitrogens with two attached hydrogens (primary N) is 1. The Balaban J connectivity index is 2.50. The minimum absolute atomic E-state index is 0.332. The molecular weight excluding hydrogens is 288 g/mol. The van der Waals surface area contributed by atoms with Crippen LogP contribution in [-0.4, -0.2) is 19.6 Å². The summed E-state index contributed by atoms with van der Waals surface area (Å²) >= 11 is 0. The molecule has 0 aliphatic heterocycles. The number of hydrogen-bond donors (Lipinski definition) is 2. The van der Waals surface area contributed by atoms with Crippen molar-refractivity contribution in [1.82, 2.24) is 5.32 Å². The van der Waals surface area contributed by atoms with E-state index in [1.54, 1.807) is 13.2 Å². The van der Waals surface area contributed by atoms with Gasteiger partial charge in [0, 0.05) is 19.2 Å². The summed E-state index contributed by atoms with van der Waals surface area (Å²) in [6.07, 6.45) is 6.44. The molecule has 2 atom stereocenters. The second-order valence-corrected chi connectivity index (χ2v) is 6.30. The van der Waals surface area contributed by atoms with E-state index < -0.39 is 11.5 Å². The van der Waals surface area contributed by atoms with E-state index in [0.717, 1.165) is 37.8 Å². The van der Waals surface area contributed by atoms with Crippen LogP contribution in [0.5, 0.6) is 0 Å². The lowest BCUT2D eigenvalue weighted by atomic mass is 9.69. The highest BCUT2D eigenvalue weighted by molar-refractivity contribution is 5.93. The van der Waals surface area contributed by atoms with Crippen LogP contribution in [0.3, 0.4) is 0 Å². The van der Waals surface area contributed by atoms with E-state index in [9.17, 15) is 4.79 Å². The second kappa shape index (κ2) is 7.64. The standard InChI is InChI=1S/C19H28N2O2/c1-4-11-21-13-17-10-5-7-14(2)19(17,23-3)16-9-6-8-15(12-16)18(20)22/h6,8-9,12-14,21H,4-5,7,10-11H2,1-3H3,(H2,20,22)/b17-13+. The van der Waals surface area contributed by atoms with E-state index in [0.29, 0.717) is 11.5 Å². The smallest absolute Gasteiger partial charge is 0.248 e. The predicted molar refractivity (Wildman–Crippen MR) is 93.0 cm³/mol. The maximum Gasteiger partial charge on any atom is 0.248 e. The van der Waals surface area contributed by atoms with Crippen molar-refractivity contribution in [2.45, 2.75) is 45.1 Å². The van der Waals surface area contributed by atoms with E-state index >= 15 is 0 Å². The van der Waals surface area contributed by atoms with Gasteiger partial charge in [-0.2, -0.15) is 0 Å². The summed E-state index contributed by atoms with van der Waals surface area (Å²) in [5.41, 5.74) is 7.74. The van der Waals surface area contributed by atoms with Gasteiger partial charge in [0.15, 0.2) is 0 Å². The van der Waals surface area contributed by atoms with Crippen molar-refractivity contribution in [2.75, 3.05) is 13.7 Å². The molecule has 0 heterocycles. The number of primary amides is 1. The average molecular weight is 316 g/mol. The van der Waals surface area contributed by atoms with Gasteiger partial charge >= 0.3 is 0 Å². The average Bonchev–Trinajstić information content (AvgIpc) is 2.56. The number of carbonyl (C=O) groups excluding carboxylic acids is 1. The SMILES string of the molecule is CCCN/C=C1\CCCC(C)C1(OC)c1cccc(C(N)=O)c1. The summed E-state index contributed by atoms with van der Waals surface area (Å²) in [6.45, 7) is 5.31. The molecule has 1 aromatic rings. The van der Waals surface area contributed by atoms with Crippen LogP contribution in [-0.2, 0) is 10.3 Å². The van der Waals surface area contributed by atoms with Crippen molar-refractivity contribution >= 4 is 5.91 Å². The summed E-state index contributed by atoms with van der Waals surface area (Å²) in [4.78, 5) is 11.6. The Hall–Kier alpha value is -1.81.